The molecule has 0 atom stereocenters. The molecule has 2 aromatic carbocycles. The Morgan fingerprint density at radius 2 is 1.82 bits per heavy atom. The molecule has 0 N–H and O–H groups in total. The Kier molecular flexibility index (Phi) is 5.54. The summed E-state index contributed by atoms with van der Waals surface area (Å²) in [5.74, 6) is 1.82. The van der Waals surface area contributed by atoms with E-state index in [-0.39, 0.29) is 12.4 Å². The molecule has 0 saturated carbocycles. The van der Waals surface area contributed by atoms with Crippen molar-refractivity contribution in [2.24, 2.45) is 0 Å². The van der Waals surface area contributed by atoms with Crippen molar-refractivity contribution in [2.45, 2.75) is 17.6 Å². The average molecular weight is 419 g/mol. The molecule has 0 radical (unpaired) electrons. The van der Waals surface area contributed by atoms with E-state index in [1.165, 1.54) is 23.9 Å². The highest BCUT2D eigenvalue weighted by atomic mass is 35.5. The van der Waals surface area contributed by atoms with Crippen LogP contribution in [-0.4, -0.2) is 20.3 Å². The highest BCUT2D eigenvalue weighted by Crippen LogP contribution is 2.23. The first-order valence-electron chi connectivity index (χ1n) is 8.08. The molecule has 28 heavy (non-hydrogen) atoms. The van der Waals surface area contributed by atoms with Gasteiger partial charge in [-0.05, 0) is 48.5 Å². The summed E-state index contributed by atoms with van der Waals surface area (Å²) < 4.78 is 29.2. The fourth-order valence-corrected chi connectivity index (χ4v) is 2.93. The zero-order valence-corrected chi connectivity index (χ0v) is 15.8. The molecule has 0 fully saturated rings. The molecular weight excluding hydrogens is 407 g/mol. The first-order chi connectivity index (χ1) is 13.7. The van der Waals surface area contributed by atoms with Gasteiger partial charge in [0.25, 0.3) is 17.0 Å². The molecular formula is C18H12ClFN4O3S. The minimum absolute atomic E-state index is 0.145. The third-order valence-corrected chi connectivity index (χ3v) is 4.57. The van der Waals surface area contributed by atoms with Crippen LogP contribution < -0.4 is 4.74 Å². The van der Waals surface area contributed by atoms with Crippen LogP contribution in [0.5, 0.6) is 5.75 Å². The van der Waals surface area contributed by atoms with Crippen LogP contribution in [0.4, 0.5) is 4.39 Å². The molecule has 7 nitrogen and oxygen atoms in total. The average Bonchev–Trinajstić information content (AvgIpc) is 3.36. The third kappa shape index (κ3) is 4.68. The van der Waals surface area contributed by atoms with E-state index in [0.717, 1.165) is 0 Å². The van der Waals surface area contributed by atoms with Crippen molar-refractivity contribution in [3.05, 3.63) is 71.1 Å². The largest absolute Gasteiger partial charge is 0.484 e. The van der Waals surface area contributed by atoms with Crippen molar-refractivity contribution in [3.63, 3.8) is 0 Å². The number of hydrogen-bond donors (Lipinski definition) is 0. The Labute approximate surface area is 167 Å². The fourth-order valence-electron chi connectivity index (χ4n) is 2.18. The summed E-state index contributed by atoms with van der Waals surface area (Å²) in [6.07, 6.45) is 0. The van der Waals surface area contributed by atoms with Crippen LogP contribution in [0.25, 0.3) is 11.5 Å². The van der Waals surface area contributed by atoms with Gasteiger partial charge in [0.1, 0.15) is 11.6 Å². The van der Waals surface area contributed by atoms with Crippen molar-refractivity contribution in [1.29, 1.82) is 0 Å². The second-order valence-corrected chi connectivity index (χ2v) is 6.88. The van der Waals surface area contributed by atoms with Gasteiger partial charge < -0.3 is 13.7 Å². The Morgan fingerprint density at radius 3 is 2.61 bits per heavy atom. The number of nitrogens with zero attached hydrogens (tertiary/aromatic N) is 4. The first-order valence-corrected chi connectivity index (χ1v) is 9.44. The van der Waals surface area contributed by atoms with Gasteiger partial charge in [-0.15, -0.1) is 10.2 Å². The van der Waals surface area contributed by atoms with Crippen LogP contribution in [0.15, 0.2) is 62.7 Å². The highest BCUT2D eigenvalue weighted by Gasteiger charge is 2.12. The second-order valence-electron chi connectivity index (χ2n) is 5.52. The summed E-state index contributed by atoms with van der Waals surface area (Å²) in [6, 6.07) is 12.8. The summed E-state index contributed by atoms with van der Waals surface area (Å²) in [7, 11) is 0. The first kappa shape index (κ1) is 18.5. The Morgan fingerprint density at radius 1 is 1.04 bits per heavy atom. The number of benzene rings is 2. The number of thioether (sulfide) groups is 1. The fraction of sp³-hybridized carbons (Fsp3) is 0.111. The van der Waals surface area contributed by atoms with Gasteiger partial charge in [-0.2, -0.15) is 4.98 Å². The number of aromatic nitrogens is 4. The molecule has 0 amide bonds. The molecule has 0 unspecified atom stereocenters. The molecule has 4 aromatic rings. The zero-order chi connectivity index (χ0) is 19.3. The number of ether oxygens (including phenoxy) is 1. The minimum atomic E-state index is -0.328. The van der Waals surface area contributed by atoms with Crippen LogP contribution in [0.2, 0.25) is 5.02 Å². The minimum Gasteiger partial charge on any atom is -0.484 e. The quantitative estimate of drug-likeness (QED) is 0.396. The predicted molar refractivity (Wildman–Crippen MR) is 99.3 cm³/mol. The van der Waals surface area contributed by atoms with E-state index in [2.05, 4.69) is 20.3 Å². The molecule has 142 valence electrons. The van der Waals surface area contributed by atoms with Crippen molar-refractivity contribution in [2.75, 3.05) is 0 Å². The summed E-state index contributed by atoms with van der Waals surface area (Å²) in [5.41, 5.74) is 0.643. The molecule has 2 aromatic heterocycles. The monoisotopic (exact) mass is 418 g/mol. The summed E-state index contributed by atoms with van der Waals surface area (Å²) >= 11 is 7.10. The number of halogens is 2. The lowest BCUT2D eigenvalue weighted by atomic mass is 10.2. The van der Waals surface area contributed by atoms with Crippen molar-refractivity contribution < 1.29 is 18.1 Å². The molecule has 4 rings (SSSR count). The van der Waals surface area contributed by atoms with Gasteiger partial charge in [-0.1, -0.05) is 28.5 Å². The van der Waals surface area contributed by atoms with Crippen LogP contribution in [0.1, 0.15) is 11.7 Å². The van der Waals surface area contributed by atoms with Gasteiger partial charge in [-0.3, -0.25) is 0 Å². The topological polar surface area (TPSA) is 87.1 Å². The van der Waals surface area contributed by atoms with Gasteiger partial charge in [0.2, 0.25) is 0 Å². The maximum Gasteiger partial charge on any atom is 0.277 e. The molecule has 0 aliphatic rings. The molecule has 0 saturated heterocycles. The maximum atomic E-state index is 13.0. The van der Waals surface area contributed by atoms with Gasteiger partial charge in [-0.25, -0.2) is 4.39 Å². The lowest BCUT2D eigenvalue weighted by Crippen LogP contribution is -1.95. The summed E-state index contributed by atoms with van der Waals surface area (Å²) in [6.45, 7) is 0.145. The SMILES string of the molecule is Fc1ccc(-c2nc(CSc3nnc(COc4ccc(Cl)cc4)o3)no2)cc1. The smallest absolute Gasteiger partial charge is 0.277 e. The van der Waals surface area contributed by atoms with E-state index >= 15 is 0 Å². The van der Waals surface area contributed by atoms with E-state index in [4.69, 9.17) is 25.3 Å². The Bertz CT molecular complexity index is 1050. The van der Waals surface area contributed by atoms with E-state index in [9.17, 15) is 4.39 Å². The van der Waals surface area contributed by atoms with Crippen LogP contribution >= 0.6 is 23.4 Å². The predicted octanol–water partition coefficient (Wildman–Crippen LogP) is 4.78. The van der Waals surface area contributed by atoms with Gasteiger partial charge in [0.15, 0.2) is 12.4 Å². The maximum absolute atomic E-state index is 13.0. The lowest BCUT2D eigenvalue weighted by Gasteiger charge is -2.02. The molecule has 0 spiro atoms. The Hall–Kier alpha value is -2.91. The summed E-state index contributed by atoms with van der Waals surface area (Å²) in [5, 5.41) is 12.8. The van der Waals surface area contributed by atoms with E-state index in [1.807, 2.05) is 0 Å². The van der Waals surface area contributed by atoms with E-state index in [0.29, 0.717) is 44.9 Å². The third-order valence-electron chi connectivity index (χ3n) is 3.51. The normalized spacial score (nSPS) is 10.9. The molecule has 2 heterocycles. The Balaban J connectivity index is 1.31. The van der Waals surface area contributed by atoms with Crippen molar-refractivity contribution in [3.8, 4) is 17.2 Å². The highest BCUT2D eigenvalue weighted by molar-refractivity contribution is 7.98. The zero-order valence-electron chi connectivity index (χ0n) is 14.2. The van der Waals surface area contributed by atoms with Crippen molar-refractivity contribution >= 4 is 23.4 Å². The van der Waals surface area contributed by atoms with Gasteiger partial charge in [0.05, 0.1) is 5.75 Å². The van der Waals surface area contributed by atoms with Crippen LogP contribution in [-0.2, 0) is 12.4 Å². The number of hydrogen-bond acceptors (Lipinski definition) is 8. The summed E-state index contributed by atoms with van der Waals surface area (Å²) in [4.78, 5) is 4.27. The number of rotatable bonds is 7. The molecule has 0 bridgehead atoms. The van der Waals surface area contributed by atoms with E-state index in [1.54, 1.807) is 36.4 Å². The van der Waals surface area contributed by atoms with Crippen molar-refractivity contribution in [1.82, 2.24) is 20.3 Å². The van der Waals surface area contributed by atoms with Crippen LogP contribution in [0.3, 0.4) is 0 Å². The molecule has 0 aliphatic heterocycles. The second kappa shape index (κ2) is 8.41. The van der Waals surface area contributed by atoms with Gasteiger partial charge in [0, 0.05) is 10.6 Å². The molecule has 0 aliphatic carbocycles. The van der Waals surface area contributed by atoms with E-state index < -0.39 is 0 Å². The van der Waals surface area contributed by atoms with Gasteiger partial charge >= 0.3 is 0 Å². The molecule has 10 heteroatoms. The lowest BCUT2D eigenvalue weighted by molar-refractivity contribution is 0.252. The van der Waals surface area contributed by atoms with Crippen LogP contribution in [0, 0.1) is 5.82 Å². The standard InChI is InChI=1S/C18H12ClFN4O3S/c19-12-3-7-14(8-4-12)25-9-16-22-23-18(26-16)28-10-15-21-17(27-24-15)11-1-5-13(20)6-2-11/h1-8H,9-10H2.